The third-order valence-electron chi connectivity index (χ3n) is 4.23. The Bertz CT molecular complexity index is 602. The van der Waals surface area contributed by atoms with E-state index in [2.05, 4.69) is 55.4 Å². The van der Waals surface area contributed by atoms with Gasteiger partial charge in [0.2, 0.25) is 0 Å². The molecule has 3 aliphatic rings. The summed E-state index contributed by atoms with van der Waals surface area (Å²) in [6, 6.07) is 8.91. The van der Waals surface area contributed by atoms with Crippen LogP contribution in [0.5, 0.6) is 0 Å². The van der Waals surface area contributed by atoms with E-state index < -0.39 is 0 Å². The lowest BCUT2D eigenvalue weighted by Crippen LogP contribution is -2.56. The van der Waals surface area contributed by atoms with Crippen LogP contribution in [0.1, 0.15) is 11.0 Å². The van der Waals surface area contributed by atoms with Crippen LogP contribution in [-0.2, 0) is 0 Å². The number of rotatable bonds is 2. The Morgan fingerprint density at radius 3 is 2.50 bits per heavy atom. The van der Waals surface area contributed by atoms with Crippen LogP contribution in [0.4, 0.5) is 0 Å². The molecule has 0 spiro atoms. The number of halogens is 1. The monoisotopic (exact) mass is 349 g/mol. The van der Waals surface area contributed by atoms with E-state index in [0.717, 1.165) is 16.7 Å². The number of hydrogen-bond donors (Lipinski definition) is 0. The molecular weight excluding hydrogens is 334 g/mol. The van der Waals surface area contributed by atoms with Crippen molar-refractivity contribution >= 4 is 27.3 Å². The zero-order chi connectivity index (χ0) is 13.5. The Morgan fingerprint density at radius 1 is 1.10 bits per heavy atom. The number of fused-ring (bicyclic) bond motifs is 3. The fourth-order valence-corrected chi connectivity index (χ4v) is 4.26. The molecular formula is C15H16BrN3S. The van der Waals surface area contributed by atoms with Crippen molar-refractivity contribution in [3.8, 4) is 11.3 Å². The van der Waals surface area contributed by atoms with Crippen molar-refractivity contribution in [2.75, 3.05) is 32.7 Å². The van der Waals surface area contributed by atoms with Crippen LogP contribution in [-0.4, -0.2) is 47.5 Å². The fraction of sp³-hybridized carbons (Fsp3) is 0.400. The van der Waals surface area contributed by atoms with Gasteiger partial charge in [0.05, 0.1) is 11.7 Å². The molecule has 1 aromatic heterocycles. The van der Waals surface area contributed by atoms with Gasteiger partial charge in [0.25, 0.3) is 0 Å². The second-order valence-corrected chi connectivity index (χ2v) is 7.24. The van der Waals surface area contributed by atoms with Gasteiger partial charge in [-0.15, -0.1) is 11.3 Å². The van der Waals surface area contributed by atoms with Crippen LogP contribution in [0, 0.1) is 0 Å². The molecule has 3 nitrogen and oxygen atoms in total. The van der Waals surface area contributed by atoms with Crippen molar-refractivity contribution in [3.63, 3.8) is 0 Å². The molecule has 20 heavy (non-hydrogen) atoms. The van der Waals surface area contributed by atoms with E-state index >= 15 is 0 Å². The number of benzene rings is 1. The minimum absolute atomic E-state index is 0.506. The van der Waals surface area contributed by atoms with E-state index in [-0.39, 0.29) is 0 Å². The van der Waals surface area contributed by atoms with E-state index in [1.807, 2.05) is 0 Å². The maximum atomic E-state index is 4.89. The molecule has 3 aliphatic heterocycles. The minimum Gasteiger partial charge on any atom is -0.299 e. The van der Waals surface area contributed by atoms with Gasteiger partial charge in [-0.25, -0.2) is 4.98 Å². The molecule has 0 saturated carbocycles. The summed E-state index contributed by atoms with van der Waals surface area (Å²) in [5.74, 6) is 0. The first-order chi connectivity index (χ1) is 9.79. The van der Waals surface area contributed by atoms with Gasteiger partial charge in [-0.2, -0.15) is 0 Å². The first-order valence-corrected chi connectivity index (χ1v) is 8.64. The molecule has 2 bridgehead atoms. The lowest BCUT2D eigenvalue weighted by molar-refractivity contribution is 0.0123. The van der Waals surface area contributed by atoms with E-state index in [1.54, 1.807) is 11.3 Å². The molecule has 1 atom stereocenters. The minimum atomic E-state index is 0.506. The number of piperazine rings is 3. The summed E-state index contributed by atoms with van der Waals surface area (Å²) < 4.78 is 1.11. The zero-order valence-electron chi connectivity index (χ0n) is 11.1. The highest BCUT2D eigenvalue weighted by Crippen LogP contribution is 2.33. The Labute approximate surface area is 131 Å². The van der Waals surface area contributed by atoms with Crippen molar-refractivity contribution < 1.29 is 0 Å². The van der Waals surface area contributed by atoms with Crippen molar-refractivity contribution in [2.24, 2.45) is 0 Å². The van der Waals surface area contributed by atoms with Gasteiger partial charge in [-0.3, -0.25) is 9.80 Å². The lowest BCUT2D eigenvalue weighted by Gasteiger charge is -2.46. The highest BCUT2D eigenvalue weighted by atomic mass is 79.9. The van der Waals surface area contributed by atoms with Crippen LogP contribution in [0.25, 0.3) is 11.3 Å². The Balaban J connectivity index is 1.60. The van der Waals surface area contributed by atoms with Crippen molar-refractivity contribution in [3.05, 3.63) is 39.1 Å². The molecule has 0 N–H and O–H groups in total. The number of aromatic nitrogens is 1. The van der Waals surface area contributed by atoms with Gasteiger partial charge in [0.1, 0.15) is 5.01 Å². The van der Waals surface area contributed by atoms with Gasteiger partial charge >= 0.3 is 0 Å². The number of nitrogens with zero attached hydrogens (tertiary/aromatic N) is 3. The summed E-state index contributed by atoms with van der Waals surface area (Å²) >= 11 is 5.28. The molecule has 1 unspecified atom stereocenters. The molecule has 5 heteroatoms. The van der Waals surface area contributed by atoms with Crippen molar-refractivity contribution in [1.82, 2.24) is 14.8 Å². The normalized spacial score (nSPS) is 28.8. The van der Waals surface area contributed by atoms with Gasteiger partial charge in [0, 0.05) is 48.1 Å². The van der Waals surface area contributed by atoms with Gasteiger partial charge in [-0.1, -0.05) is 28.1 Å². The molecule has 5 rings (SSSR count). The van der Waals surface area contributed by atoms with Crippen LogP contribution in [0.3, 0.4) is 0 Å². The Morgan fingerprint density at radius 2 is 1.85 bits per heavy atom. The molecule has 3 fully saturated rings. The maximum absolute atomic E-state index is 4.89. The largest absolute Gasteiger partial charge is 0.299 e. The predicted octanol–water partition coefficient (Wildman–Crippen LogP) is 3.24. The number of hydrogen-bond acceptors (Lipinski definition) is 4. The highest BCUT2D eigenvalue weighted by molar-refractivity contribution is 9.10. The van der Waals surface area contributed by atoms with Gasteiger partial charge < -0.3 is 0 Å². The smallest absolute Gasteiger partial charge is 0.112 e. The molecule has 0 aliphatic carbocycles. The van der Waals surface area contributed by atoms with Crippen LogP contribution in [0.2, 0.25) is 0 Å². The van der Waals surface area contributed by atoms with Crippen LogP contribution in [0.15, 0.2) is 34.1 Å². The fourth-order valence-electron chi connectivity index (χ4n) is 3.05. The lowest BCUT2D eigenvalue weighted by atomic mass is 10.1. The first kappa shape index (κ1) is 13.0. The molecule has 3 saturated heterocycles. The molecule has 0 radical (unpaired) electrons. The van der Waals surface area contributed by atoms with E-state index in [4.69, 9.17) is 4.98 Å². The average molecular weight is 350 g/mol. The van der Waals surface area contributed by atoms with Crippen LogP contribution < -0.4 is 0 Å². The second-order valence-electron chi connectivity index (χ2n) is 5.43. The summed E-state index contributed by atoms with van der Waals surface area (Å²) in [5, 5.41) is 3.46. The molecule has 104 valence electrons. The highest BCUT2D eigenvalue weighted by Gasteiger charge is 2.34. The number of thiazole rings is 1. The van der Waals surface area contributed by atoms with E-state index in [0.29, 0.717) is 6.04 Å². The summed E-state index contributed by atoms with van der Waals surface area (Å²) in [5.41, 5.74) is 2.31. The third kappa shape index (κ3) is 2.33. The van der Waals surface area contributed by atoms with Crippen LogP contribution >= 0.6 is 27.3 Å². The van der Waals surface area contributed by atoms with Crippen molar-refractivity contribution in [1.29, 1.82) is 0 Å². The summed E-state index contributed by atoms with van der Waals surface area (Å²) in [6.07, 6.45) is 0. The van der Waals surface area contributed by atoms with Gasteiger partial charge in [0.15, 0.2) is 0 Å². The topological polar surface area (TPSA) is 19.4 Å². The zero-order valence-corrected chi connectivity index (χ0v) is 13.5. The standard InChI is InChI=1S/C15H16BrN3S/c16-12-3-1-11(2-4-12)13-10-20-15(17-13)14-9-18-5-7-19(14)8-6-18/h1-4,10,14H,5-9H2. The molecule has 2 aromatic rings. The predicted molar refractivity (Wildman–Crippen MR) is 86.0 cm³/mol. The molecule has 0 amide bonds. The average Bonchev–Trinajstić information content (AvgIpc) is 2.99. The summed E-state index contributed by atoms with van der Waals surface area (Å²) in [6.45, 7) is 5.98. The van der Waals surface area contributed by atoms with E-state index in [1.165, 1.54) is 36.8 Å². The van der Waals surface area contributed by atoms with E-state index in [9.17, 15) is 0 Å². The molecule has 4 heterocycles. The quantitative estimate of drug-likeness (QED) is 0.829. The van der Waals surface area contributed by atoms with Gasteiger partial charge in [-0.05, 0) is 12.1 Å². The summed E-state index contributed by atoms with van der Waals surface area (Å²) in [4.78, 5) is 10.0. The first-order valence-electron chi connectivity index (χ1n) is 6.97. The Kier molecular flexibility index (Phi) is 3.38. The molecule has 1 aromatic carbocycles. The SMILES string of the molecule is Brc1ccc(-c2csc(C3CN4CCN3CC4)n2)cc1. The maximum Gasteiger partial charge on any atom is 0.112 e. The van der Waals surface area contributed by atoms with Crippen molar-refractivity contribution in [2.45, 2.75) is 6.04 Å². The third-order valence-corrected chi connectivity index (χ3v) is 5.70. The summed E-state index contributed by atoms with van der Waals surface area (Å²) in [7, 11) is 0. The second kappa shape index (κ2) is 5.22. The Hall–Kier alpha value is -0.750.